The Balaban J connectivity index is 1.83. The van der Waals surface area contributed by atoms with Gasteiger partial charge in [0, 0.05) is 23.7 Å². The molecule has 0 radical (unpaired) electrons. The second-order valence-electron chi connectivity index (χ2n) is 6.21. The van der Waals surface area contributed by atoms with Gasteiger partial charge in [0.1, 0.15) is 0 Å². The summed E-state index contributed by atoms with van der Waals surface area (Å²) in [5.41, 5.74) is 2.47. The fraction of sp³-hybridized carbons (Fsp3) is 0.250. The zero-order valence-corrected chi connectivity index (χ0v) is 15.7. The molecule has 0 spiro atoms. The number of carbonyl (C=O) groups is 2. The number of hydrogen-bond acceptors (Lipinski definition) is 3. The third kappa shape index (κ3) is 6.64. The first-order valence-electron chi connectivity index (χ1n) is 8.49. The van der Waals surface area contributed by atoms with Crippen LogP contribution in [-0.2, 0) is 16.0 Å². The number of carbonyl (C=O) groups excluding carboxylic acids is 2. The van der Waals surface area contributed by atoms with Crippen molar-refractivity contribution in [1.82, 2.24) is 5.32 Å². The first-order valence-corrected chi connectivity index (χ1v) is 8.90. The molecular weight excluding hydrogens is 346 g/mol. The van der Waals surface area contributed by atoms with Gasteiger partial charge in [0.05, 0.1) is 0 Å². The van der Waals surface area contributed by atoms with Crippen LogP contribution in [0.15, 0.2) is 54.6 Å². The summed E-state index contributed by atoms with van der Waals surface area (Å²) in [4.78, 5) is 23.8. The molecule has 0 saturated carbocycles. The number of benzene rings is 2. The molecule has 0 aliphatic carbocycles. The number of nitrogens with one attached hydrogen (secondary N) is 3. The molecule has 26 heavy (non-hydrogen) atoms. The average Bonchev–Trinajstić information content (AvgIpc) is 2.61. The highest BCUT2D eigenvalue weighted by atomic mass is 32.1. The van der Waals surface area contributed by atoms with E-state index < -0.39 is 0 Å². The molecule has 136 valence electrons. The second-order valence-corrected chi connectivity index (χ2v) is 6.62. The summed E-state index contributed by atoms with van der Waals surface area (Å²) in [5.74, 6) is -0.300. The van der Waals surface area contributed by atoms with Crippen molar-refractivity contribution in [3.8, 4) is 0 Å². The predicted molar refractivity (Wildman–Crippen MR) is 109 cm³/mol. The minimum atomic E-state index is -0.143. The topological polar surface area (TPSA) is 70.2 Å². The maximum Gasteiger partial charge on any atom is 0.226 e. The van der Waals surface area contributed by atoms with E-state index >= 15 is 0 Å². The first-order chi connectivity index (χ1) is 12.4. The largest absolute Gasteiger partial charge is 0.332 e. The third-order valence-corrected chi connectivity index (χ3v) is 3.85. The summed E-state index contributed by atoms with van der Waals surface area (Å²) in [6, 6.07) is 17.0. The normalized spacial score (nSPS) is 10.3. The van der Waals surface area contributed by atoms with E-state index in [0.717, 1.165) is 5.56 Å². The molecule has 2 aromatic carbocycles. The monoisotopic (exact) mass is 369 g/mol. The first kappa shape index (κ1) is 19.6. The van der Waals surface area contributed by atoms with Gasteiger partial charge < -0.3 is 16.0 Å². The molecule has 0 heterocycles. The SMILES string of the molecule is CC(C)C(=O)Nc1cccc(NC(=S)NC(=O)CCc2ccccc2)c1. The van der Waals surface area contributed by atoms with E-state index in [4.69, 9.17) is 12.2 Å². The maximum atomic E-state index is 12.0. The third-order valence-electron chi connectivity index (χ3n) is 3.65. The summed E-state index contributed by atoms with van der Waals surface area (Å²) in [6.45, 7) is 3.66. The lowest BCUT2D eigenvalue weighted by Gasteiger charge is -2.12. The summed E-state index contributed by atoms with van der Waals surface area (Å²) in [5, 5.41) is 8.69. The van der Waals surface area contributed by atoms with Gasteiger partial charge in [0.15, 0.2) is 5.11 Å². The van der Waals surface area contributed by atoms with Crippen LogP contribution in [0.3, 0.4) is 0 Å². The molecule has 5 nitrogen and oxygen atoms in total. The van der Waals surface area contributed by atoms with E-state index in [0.29, 0.717) is 24.2 Å². The van der Waals surface area contributed by atoms with E-state index in [1.807, 2.05) is 50.2 Å². The van der Waals surface area contributed by atoms with Gasteiger partial charge in [-0.1, -0.05) is 50.2 Å². The van der Waals surface area contributed by atoms with Crippen LogP contribution in [0.4, 0.5) is 11.4 Å². The molecule has 0 saturated heterocycles. The average molecular weight is 369 g/mol. The Morgan fingerprint density at radius 2 is 1.62 bits per heavy atom. The zero-order chi connectivity index (χ0) is 18.9. The molecule has 3 N–H and O–H groups in total. The molecule has 0 fully saturated rings. The Kier molecular flexibility index (Phi) is 7.29. The molecule has 0 atom stereocenters. The van der Waals surface area contributed by atoms with Crippen molar-refractivity contribution in [2.24, 2.45) is 5.92 Å². The fourth-order valence-electron chi connectivity index (χ4n) is 2.22. The van der Waals surface area contributed by atoms with E-state index in [2.05, 4.69) is 16.0 Å². The highest BCUT2D eigenvalue weighted by molar-refractivity contribution is 7.80. The molecule has 2 rings (SSSR count). The van der Waals surface area contributed by atoms with Gasteiger partial charge in [-0.15, -0.1) is 0 Å². The summed E-state index contributed by atoms with van der Waals surface area (Å²) in [6.07, 6.45) is 1.02. The van der Waals surface area contributed by atoms with E-state index in [-0.39, 0.29) is 22.8 Å². The molecule has 0 aliphatic heterocycles. The Morgan fingerprint density at radius 1 is 0.962 bits per heavy atom. The van der Waals surface area contributed by atoms with E-state index in [1.54, 1.807) is 18.2 Å². The van der Waals surface area contributed by atoms with Crippen molar-refractivity contribution in [1.29, 1.82) is 0 Å². The number of thiocarbonyl (C=S) groups is 1. The van der Waals surface area contributed by atoms with Gasteiger partial charge in [-0.05, 0) is 42.4 Å². The van der Waals surface area contributed by atoms with E-state index in [1.165, 1.54) is 0 Å². The van der Waals surface area contributed by atoms with E-state index in [9.17, 15) is 9.59 Å². The van der Waals surface area contributed by atoms with Crippen LogP contribution in [0.1, 0.15) is 25.8 Å². The molecular formula is C20H23N3O2S. The Hall–Kier alpha value is -2.73. The number of anilines is 2. The maximum absolute atomic E-state index is 12.0. The molecule has 0 aromatic heterocycles. The van der Waals surface area contributed by atoms with Crippen molar-refractivity contribution < 1.29 is 9.59 Å². The highest BCUT2D eigenvalue weighted by Crippen LogP contribution is 2.16. The van der Waals surface area contributed by atoms with Crippen LogP contribution in [0.25, 0.3) is 0 Å². The van der Waals surface area contributed by atoms with Crippen molar-refractivity contribution in [2.75, 3.05) is 10.6 Å². The van der Waals surface area contributed by atoms with Crippen molar-refractivity contribution in [3.63, 3.8) is 0 Å². The standard InChI is InChI=1S/C20H23N3O2S/c1-14(2)19(25)21-16-9-6-10-17(13-16)22-20(26)23-18(24)12-11-15-7-4-3-5-8-15/h3-10,13-14H,11-12H2,1-2H3,(H,21,25)(H2,22,23,24,26). The van der Waals surface area contributed by atoms with Crippen LogP contribution < -0.4 is 16.0 Å². The number of rotatable bonds is 6. The molecule has 2 amide bonds. The molecule has 2 aromatic rings. The number of hydrogen-bond donors (Lipinski definition) is 3. The predicted octanol–water partition coefficient (Wildman–Crippen LogP) is 3.73. The molecule has 0 unspecified atom stereocenters. The van der Waals surface area contributed by atoms with Crippen molar-refractivity contribution in [3.05, 3.63) is 60.2 Å². The van der Waals surface area contributed by atoms with Crippen LogP contribution in [0.5, 0.6) is 0 Å². The Morgan fingerprint density at radius 3 is 2.27 bits per heavy atom. The summed E-state index contributed by atoms with van der Waals surface area (Å²) < 4.78 is 0. The summed E-state index contributed by atoms with van der Waals surface area (Å²) in [7, 11) is 0. The molecule has 0 aliphatic rings. The van der Waals surface area contributed by atoms with Crippen molar-refractivity contribution in [2.45, 2.75) is 26.7 Å². The molecule has 0 bridgehead atoms. The minimum Gasteiger partial charge on any atom is -0.332 e. The van der Waals surface area contributed by atoms with Gasteiger partial charge in [-0.2, -0.15) is 0 Å². The van der Waals surface area contributed by atoms with Crippen LogP contribution in [-0.4, -0.2) is 16.9 Å². The lowest BCUT2D eigenvalue weighted by atomic mass is 10.1. The zero-order valence-electron chi connectivity index (χ0n) is 14.9. The quantitative estimate of drug-likeness (QED) is 0.679. The van der Waals surface area contributed by atoms with Crippen LogP contribution in [0, 0.1) is 5.92 Å². The number of amides is 2. The Bertz CT molecular complexity index is 776. The molecule has 6 heteroatoms. The summed E-state index contributed by atoms with van der Waals surface area (Å²) >= 11 is 5.19. The van der Waals surface area contributed by atoms with Crippen LogP contribution in [0.2, 0.25) is 0 Å². The van der Waals surface area contributed by atoms with Crippen molar-refractivity contribution >= 4 is 40.5 Å². The van der Waals surface area contributed by atoms with Gasteiger partial charge in [-0.3, -0.25) is 9.59 Å². The van der Waals surface area contributed by atoms with Gasteiger partial charge in [0.25, 0.3) is 0 Å². The smallest absolute Gasteiger partial charge is 0.226 e. The van der Waals surface area contributed by atoms with Crippen LogP contribution >= 0.6 is 12.2 Å². The number of aryl methyl sites for hydroxylation is 1. The van der Waals surface area contributed by atoms with Gasteiger partial charge in [0.2, 0.25) is 11.8 Å². The van der Waals surface area contributed by atoms with Gasteiger partial charge in [-0.25, -0.2) is 0 Å². The minimum absolute atomic E-state index is 0.0565. The van der Waals surface area contributed by atoms with Gasteiger partial charge >= 0.3 is 0 Å². The second kappa shape index (κ2) is 9.68. The highest BCUT2D eigenvalue weighted by Gasteiger charge is 2.08. The Labute approximate surface area is 159 Å². The lowest BCUT2D eigenvalue weighted by molar-refractivity contribution is -0.120. The fourth-order valence-corrected chi connectivity index (χ4v) is 2.45. The lowest BCUT2D eigenvalue weighted by Crippen LogP contribution is -2.34.